The third-order valence-electron chi connectivity index (χ3n) is 3.06. The highest BCUT2D eigenvalue weighted by Crippen LogP contribution is 2.39. The molecular formula is C15H20N2S2. The van der Waals surface area contributed by atoms with Crippen LogP contribution in [0.25, 0.3) is 0 Å². The number of thioether (sulfide) groups is 1. The first-order valence-corrected chi connectivity index (χ1v) is 8.27. The van der Waals surface area contributed by atoms with Crippen LogP contribution in [0.5, 0.6) is 0 Å². The molecule has 0 aliphatic carbocycles. The lowest BCUT2D eigenvalue weighted by Crippen LogP contribution is -2.25. The number of aromatic nitrogens is 1. The Labute approximate surface area is 123 Å². The van der Waals surface area contributed by atoms with Gasteiger partial charge in [0, 0.05) is 17.1 Å². The van der Waals surface area contributed by atoms with E-state index in [0.717, 1.165) is 16.5 Å². The highest BCUT2D eigenvalue weighted by Gasteiger charge is 2.21. The normalized spacial score (nSPS) is 14.3. The molecular weight excluding hydrogens is 272 g/mol. The quantitative estimate of drug-likeness (QED) is 0.834. The lowest BCUT2D eigenvalue weighted by molar-refractivity contribution is 0.634. The zero-order chi connectivity index (χ0) is 13.8. The van der Waals surface area contributed by atoms with Crippen LogP contribution in [0.15, 0.2) is 34.0 Å². The van der Waals surface area contributed by atoms with Crippen LogP contribution in [-0.4, -0.2) is 11.0 Å². The topological polar surface area (TPSA) is 38.9 Å². The van der Waals surface area contributed by atoms with E-state index in [9.17, 15) is 0 Å². The second-order valence-electron chi connectivity index (χ2n) is 4.78. The van der Waals surface area contributed by atoms with E-state index in [1.165, 1.54) is 11.1 Å². The molecule has 0 aliphatic rings. The molecule has 0 aliphatic heterocycles. The van der Waals surface area contributed by atoms with Gasteiger partial charge < -0.3 is 5.73 Å². The van der Waals surface area contributed by atoms with E-state index in [2.05, 4.69) is 48.5 Å². The maximum Gasteiger partial charge on any atom is 0.150 e. The molecule has 1 heterocycles. The van der Waals surface area contributed by atoms with Gasteiger partial charge in [-0.05, 0) is 25.8 Å². The Morgan fingerprint density at radius 2 is 2.16 bits per heavy atom. The van der Waals surface area contributed by atoms with E-state index in [-0.39, 0.29) is 11.3 Å². The molecule has 0 saturated carbocycles. The van der Waals surface area contributed by atoms with E-state index in [4.69, 9.17) is 5.73 Å². The Morgan fingerprint density at radius 3 is 2.74 bits per heavy atom. The zero-order valence-corrected chi connectivity index (χ0v) is 13.2. The Kier molecular flexibility index (Phi) is 5.02. The summed E-state index contributed by atoms with van der Waals surface area (Å²) in [5.74, 6) is 0. The number of nitrogens with zero attached hydrogens (tertiary/aromatic N) is 1. The molecule has 0 radical (unpaired) electrons. The molecule has 2 atom stereocenters. The van der Waals surface area contributed by atoms with Crippen molar-refractivity contribution in [3.8, 4) is 0 Å². The summed E-state index contributed by atoms with van der Waals surface area (Å²) < 4.78 is 1.10. The Morgan fingerprint density at radius 1 is 1.37 bits per heavy atom. The number of aryl methyl sites for hydroxylation is 2. The summed E-state index contributed by atoms with van der Waals surface area (Å²) in [4.78, 5) is 4.54. The van der Waals surface area contributed by atoms with Gasteiger partial charge in [-0.3, -0.25) is 0 Å². The van der Waals surface area contributed by atoms with Crippen LogP contribution in [0.1, 0.15) is 35.4 Å². The van der Waals surface area contributed by atoms with Gasteiger partial charge in [-0.15, -0.1) is 11.3 Å². The van der Waals surface area contributed by atoms with Crippen LogP contribution in [-0.2, 0) is 0 Å². The summed E-state index contributed by atoms with van der Waals surface area (Å²) in [7, 11) is 0. The van der Waals surface area contributed by atoms with Crippen molar-refractivity contribution in [3.63, 3.8) is 0 Å². The Hall–Kier alpha value is -0.840. The Balaban J connectivity index is 2.25. The maximum absolute atomic E-state index is 6.31. The van der Waals surface area contributed by atoms with Crippen molar-refractivity contribution in [1.29, 1.82) is 0 Å². The fourth-order valence-electron chi connectivity index (χ4n) is 1.96. The van der Waals surface area contributed by atoms with E-state index >= 15 is 0 Å². The number of thiazole rings is 1. The second kappa shape index (κ2) is 6.55. The third-order valence-corrected chi connectivity index (χ3v) is 5.55. The van der Waals surface area contributed by atoms with Crippen molar-refractivity contribution >= 4 is 23.1 Å². The number of rotatable bonds is 5. The second-order valence-corrected chi connectivity index (χ2v) is 7.03. The molecule has 19 heavy (non-hydrogen) atoms. The van der Waals surface area contributed by atoms with Crippen molar-refractivity contribution in [1.82, 2.24) is 4.98 Å². The van der Waals surface area contributed by atoms with E-state index in [0.29, 0.717) is 0 Å². The molecule has 4 heteroatoms. The summed E-state index contributed by atoms with van der Waals surface area (Å²) in [6.45, 7) is 6.29. The van der Waals surface area contributed by atoms with Gasteiger partial charge in [0.1, 0.15) is 0 Å². The first kappa shape index (κ1) is 14.6. The molecule has 1 aromatic heterocycles. The maximum atomic E-state index is 6.31. The third kappa shape index (κ3) is 3.81. The summed E-state index contributed by atoms with van der Waals surface area (Å²) in [6, 6.07) is 8.77. The van der Waals surface area contributed by atoms with Crippen LogP contribution in [0.2, 0.25) is 0 Å². The van der Waals surface area contributed by atoms with Gasteiger partial charge in [0.25, 0.3) is 0 Å². The van der Waals surface area contributed by atoms with Crippen LogP contribution in [0.3, 0.4) is 0 Å². The number of hydrogen-bond acceptors (Lipinski definition) is 4. The smallest absolute Gasteiger partial charge is 0.150 e. The molecule has 102 valence electrons. The molecule has 0 amide bonds. The van der Waals surface area contributed by atoms with Crippen LogP contribution in [0.4, 0.5) is 0 Å². The predicted octanol–water partition coefficient (Wildman–Crippen LogP) is 4.33. The number of nitrogens with two attached hydrogens (primary N) is 1. The molecule has 2 N–H and O–H groups in total. The van der Waals surface area contributed by atoms with Crippen LogP contribution >= 0.6 is 23.1 Å². The fraction of sp³-hybridized carbons (Fsp3) is 0.400. The van der Waals surface area contributed by atoms with Crippen molar-refractivity contribution < 1.29 is 0 Å². The van der Waals surface area contributed by atoms with Gasteiger partial charge in [-0.2, -0.15) is 0 Å². The largest absolute Gasteiger partial charge is 0.326 e. The van der Waals surface area contributed by atoms with Gasteiger partial charge >= 0.3 is 0 Å². The highest BCUT2D eigenvalue weighted by atomic mass is 32.2. The minimum absolute atomic E-state index is 0.149. The predicted molar refractivity (Wildman–Crippen MR) is 84.9 cm³/mol. The summed E-state index contributed by atoms with van der Waals surface area (Å²) in [6.07, 6.45) is 0.968. The SMILES string of the molecule is CCC(N)C(Sc1nc(C)cs1)c1cccc(C)c1. The van der Waals surface area contributed by atoms with Gasteiger partial charge in [0.15, 0.2) is 4.34 Å². The zero-order valence-electron chi connectivity index (χ0n) is 11.6. The minimum atomic E-state index is 0.149. The van der Waals surface area contributed by atoms with Gasteiger partial charge in [0.2, 0.25) is 0 Å². The summed E-state index contributed by atoms with van der Waals surface area (Å²) in [5, 5.41) is 2.36. The molecule has 0 spiro atoms. The highest BCUT2D eigenvalue weighted by molar-refractivity contribution is 8.01. The van der Waals surface area contributed by atoms with Crippen molar-refractivity contribution in [2.24, 2.45) is 5.73 Å². The molecule has 2 nitrogen and oxygen atoms in total. The standard InChI is InChI=1S/C15H20N2S2/c1-4-13(16)14(12-7-5-6-10(2)8-12)19-15-17-11(3)9-18-15/h5-9,13-14H,4,16H2,1-3H3. The first-order chi connectivity index (χ1) is 9.10. The van der Waals surface area contributed by atoms with E-state index in [1.807, 2.05) is 6.92 Å². The van der Waals surface area contributed by atoms with Crippen molar-refractivity contribution in [3.05, 3.63) is 46.5 Å². The lowest BCUT2D eigenvalue weighted by Gasteiger charge is -2.22. The Bertz CT molecular complexity index is 536. The van der Waals surface area contributed by atoms with E-state index < -0.39 is 0 Å². The summed E-state index contributed by atoms with van der Waals surface area (Å²) >= 11 is 3.49. The van der Waals surface area contributed by atoms with Crippen LogP contribution in [0, 0.1) is 13.8 Å². The molecule has 2 rings (SSSR count). The van der Waals surface area contributed by atoms with Gasteiger partial charge in [-0.1, -0.05) is 48.5 Å². The molecule has 1 aromatic carbocycles. The van der Waals surface area contributed by atoms with Gasteiger partial charge in [-0.25, -0.2) is 4.98 Å². The van der Waals surface area contributed by atoms with Crippen LogP contribution < -0.4 is 5.73 Å². The van der Waals surface area contributed by atoms with E-state index in [1.54, 1.807) is 23.1 Å². The van der Waals surface area contributed by atoms with Crippen molar-refractivity contribution in [2.45, 2.75) is 42.8 Å². The lowest BCUT2D eigenvalue weighted by atomic mass is 10.0. The minimum Gasteiger partial charge on any atom is -0.326 e. The average Bonchev–Trinajstić information content (AvgIpc) is 2.80. The van der Waals surface area contributed by atoms with Crippen molar-refractivity contribution in [2.75, 3.05) is 0 Å². The molecule has 0 saturated heterocycles. The molecule has 0 fully saturated rings. The number of benzene rings is 1. The van der Waals surface area contributed by atoms with Gasteiger partial charge in [0.05, 0.1) is 5.25 Å². The molecule has 2 aromatic rings. The fourth-order valence-corrected chi connectivity index (χ4v) is 4.22. The monoisotopic (exact) mass is 292 g/mol. The molecule has 0 bridgehead atoms. The number of hydrogen-bond donors (Lipinski definition) is 1. The first-order valence-electron chi connectivity index (χ1n) is 6.51. The summed E-state index contributed by atoms with van der Waals surface area (Å²) in [5.41, 5.74) is 9.97. The average molecular weight is 292 g/mol. The molecule has 2 unspecified atom stereocenters.